The van der Waals surface area contributed by atoms with Crippen molar-refractivity contribution in [1.82, 2.24) is 15.1 Å². The summed E-state index contributed by atoms with van der Waals surface area (Å²) in [4.78, 5) is 5.35. The van der Waals surface area contributed by atoms with Gasteiger partial charge in [0.05, 0.1) is 0 Å². The molecule has 1 aliphatic heterocycles. The number of nitrogens with zero attached hydrogens (tertiary/aromatic N) is 2. The first kappa shape index (κ1) is 17.2. The van der Waals surface area contributed by atoms with Crippen molar-refractivity contribution < 1.29 is 0 Å². The average Bonchev–Trinajstić information content (AvgIpc) is 2.79. The van der Waals surface area contributed by atoms with Gasteiger partial charge in [0.15, 0.2) is 0 Å². The predicted octanol–water partition coefficient (Wildman–Crippen LogP) is 2.96. The lowest BCUT2D eigenvalue weighted by Crippen LogP contribution is -2.46. The molecule has 1 saturated carbocycles. The highest BCUT2D eigenvalue weighted by Gasteiger charge is 2.29. The topological polar surface area (TPSA) is 18.5 Å². The molecule has 0 amide bonds. The van der Waals surface area contributed by atoms with Crippen LogP contribution >= 0.6 is 0 Å². The van der Waals surface area contributed by atoms with Crippen LogP contribution in [0.5, 0.6) is 0 Å². The maximum absolute atomic E-state index is 3.78. The van der Waals surface area contributed by atoms with Crippen molar-refractivity contribution in [3.8, 4) is 0 Å². The summed E-state index contributed by atoms with van der Waals surface area (Å²) < 4.78 is 0. The second kappa shape index (κ2) is 9.12. The lowest BCUT2D eigenvalue weighted by molar-refractivity contribution is 0.139. The minimum Gasteiger partial charge on any atom is -0.314 e. The van der Waals surface area contributed by atoms with Gasteiger partial charge in [0.2, 0.25) is 0 Å². The van der Waals surface area contributed by atoms with Gasteiger partial charge >= 0.3 is 0 Å². The number of hydrogen-bond acceptors (Lipinski definition) is 3. The fourth-order valence-electron chi connectivity index (χ4n) is 4.36. The predicted molar refractivity (Wildman–Crippen MR) is 91.8 cm³/mol. The van der Waals surface area contributed by atoms with Gasteiger partial charge in [-0.2, -0.15) is 0 Å². The van der Waals surface area contributed by atoms with Gasteiger partial charge in [-0.05, 0) is 58.3 Å². The molecule has 1 N–H and O–H groups in total. The van der Waals surface area contributed by atoms with E-state index in [2.05, 4.69) is 36.0 Å². The normalized spacial score (nSPS) is 33.6. The Hall–Kier alpha value is -0.120. The highest BCUT2D eigenvalue weighted by Crippen LogP contribution is 2.26. The monoisotopic (exact) mass is 295 g/mol. The standard InChI is InChI=1S/C18H37N3/c1-4-17-15-20(3)12-9-13-21(17)14-16-10-7-6-8-11-18(16)19-5-2/h16-19H,4-15H2,1-3H3. The zero-order valence-electron chi connectivity index (χ0n) is 14.6. The summed E-state index contributed by atoms with van der Waals surface area (Å²) >= 11 is 0. The van der Waals surface area contributed by atoms with Crippen LogP contribution in [0.4, 0.5) is 0 Å². The van der Waals surface area contributed by atoms with Gasteiger partial charge < -0.3 is 10.2 Å². The molecule has 3 nitrogen and oxygen atoms in total. The maximum atomic E-state index is 3.78. The van der Waals surface area contributed by atoms with Crippen LogP contribution in [0.2, 0.25) is 0 Å². The van der Waals surface area contributed by atoms with Crippen molar-refractivity contribution in [2.24, 2.45) is 5.92 Å². The van der Waals surface area contributed by atoms with E-state index in [4.69, 9.17) is 0 Å². The lowest BCUT2D eigenvalue weighted by Gasteiger charge is -2.36. The van der Waals surface area contributed by atoms with Crippen molar-refractivity contribution in [3.63, 3.8) is 0 Å². The lowest BCUT2D eigenvalue weighted by atomic mass is 9.93. The third kappa shape index (κ3) is 5.22. The van der Waals surface area contributed by atoms with Crippen LogP contribution in [-0.4, -0.2) is 61.7 Å². The van der Waals surface area contributed by atoms with Gasteiger partial charge in [0.1, 0.15) is 0 Å². The zero-order valence-corrected chi connectivity index (χ0v) is 14.6. The molecule has 1 saturated heterocycles. The Balaban J connectivity index is 1.98. The number of hydrogen-bond donors (Lipinski definition) is 1. The molecular formula is C18H37N3. The van der Waals surface area contributed by atoms with Crippen molar-refractivity contribution in [1.29, 1.82) is 0 Å². The van der Waals surface area contributed by atoms with E-state index < -0.39 is 0 Å². The first-order chi connectivity index (χ1) is 10.2. The summed E-state index contributed by atoms with van der Waals surface area (Å²) in [5, 5.41) is 3.78. The fraction of sp³-hybridized carbons (Fsp3) is 1.00. The van der Waals surface area contributed by atoms with E-state index in [9.17, 15) is 0 Å². The first-order valence-corrected chi connectivity index (χ1v) is 9.40. The van der Waals surface area contributed by atoms with Gasteiger partial charge in [0.25, 0.3) is 0 Å². The van der Waals surface area contributed by atoms with E-state index in [-0.39, 0.29) is 0 Å². The number of rotatable bonds is 5. The molecule has 2 fully saturated rings. The first-order valence-electron chi connectivity index (χ1n) is 9.40. The molecular weight excluding hydrogens is 258 g/mol. The van der Waals surface area contributed by atoms with Crippen molar-refractivity contribution >= 4 is 0 Å². The van der Waals surface area contributed by atoms with Crippen molar-refractivity contribution in [3.05, 3.63) is 0 Å². The van der Waals surface area contributed by atoms with E-state index in [1.54, 1.807) is 0 Å². The van der Waals surface area contributed by atoms with Gasteiger partial charge in [0, 0.05) is 25.2 Å². The van der Waals surface area contributed by atoms with Crippen LogP contribution in [0.3, 0.4) is 0 Å². The summed E-state index contributed by atoms with van der Waals surface area (Å²) in [6, 6.07) is 1.53. The second-order valence-electron chi connectivity index (χ2n) is 7.24. The van der Waals surface area contributed by atoms with Crippen molar-refractivity contribution in [2.45, 2.75) is 70.9 Å². The van der Waals surface area contributed by atoms with Gasteiger partial charge in [-0.3, -0.25) is 4.90 Å². The Kier molecular flexibility index (Phi) is 7.48. The van der Waals surface area contributed by atoms with Crippen molar-refractivity contribution in [2.75, 3.05) is 39.8 Å². The highest BCUT2D eigenvalue weighted by molar-refractivity contribution is 4.85. The summed E-state index contributed by atoms with van der Waals surface area (Å²) in [5.41, 5.74) is 0. The number of likely N-dealkylation sites (N-methyl/N-ethyl adjacent to an activating group) is 1. The largest absolute Gasteiger partial charge is 0.314 e. The molecule has 3 atom stereocenters. The minimum absolute atomic E-state index is 0.760. The van der Waals surface area contributed by atoms with Crippen LogP contribution < -0.4 is 5.32 Å². The van der Waals surface area contributed by atoms with E-state index >= 15 is 0 Å². The summed E-state index contributed by atoms with van der Waals surface area (Å²) in [7, 11) is 2.29. The number of nitrogens with one attached hydrogen (secondary N) is 1. The Morgan fingerprint density at radius 2 is 1.81 bits per heavy atom. The molecule has 1 aliphatic carbocycles. The zero-order chi connectivity index (χ0) is 15.1. The molecule has 0 aromatic heterocycles. The van der Waals surface area contributed by atoms with E-state index in [1.165, 1.54) is 71.1 Å². The Morgan fingerprint density at radius 3 is 2.57 bits per heavy atom. The van der Waals surface area contributed by atoms with Crippen LogP contribution in [0.15, 0.2) is 0 Å². The highest BCUT2D eigenvalue weighted by atomic mass is 15.2. The molecule has 0 spiro atoms. The quantitative estimate of drug-likeness (QED) is 0.787. The van der Waals surface area contributed by atoms with Crippen LogP contribution in [-0.2, 0) is 0 Å². The SMILES string of the molecule is CCNC1CCCCCC1CN1CCCN(C)CC1CC. The molecule has 3 unspecified atom stereocenters. The Morgan fingerprint density at radius 1 is 1.00 bits per heavy atom. The molecule has 0 bridgehead atoms. The molecule has 2 aliphatic rings. The third-order valence-electron chi connectivity index (χ3n) is 5.59. The Labute approximate surface area is 132 Å². The minimum atomic E-state index is 0.760. The summed E-state index contributed by atoms with van der Waals surface area (Å²) in [6.45, 7) is 10.9. The molecule has 0 radical (unpaired) electrons. The second-order valence-corrected chi connectivity index (χ2v) is 7.24. The van der Waals surface area contributed by atoms with Gasteiger partial charge in [-0.25, -0.2) is 0 Å². The van der Waals surface area contributed by atoms with Crippen LogP contribution in [0.25, 0.3) is 0 Å². The molecule has 21 heavy (non-hydrogen) atoms. The van der Waals surface area contributed by atoms with E-state index in [0.29, 0.717) is 0 Å². The average molecular weight is 296 g/mol. The smallest absolute Gasteiger partial charge is 0.0220 e. The molecule has 0 aromatic carbocycles. The Bertz CT molecular complexity index is 280. The maximum Gasteiger partial charge on any atom is 0.0220 e. The van der Waals surface area contributed by atoms with Gasteiger partial charge in [-0.1, -0.05) is 33.1 Å². The summed E-state index contributed by atoms with van der Waals surface area (Å²) in [5.74, 6) is 0.866. The van der Waals surface area contributed by atoms with E-state index in [0.717, 1.165) is 24.5 Å². The van der Waals surface area contributed by atoms with Crippen LogP contribution in [0.1, 0.15) is 58.8 Å². The van der Waals surface area contributed by atoms with E-state index in [1.807, 2.05) is 0 Å². The molecule has 124 valence electrons. The molecule has 2 rings (SSSR count). The van der Waals surface area contributed by atoms with Gasteiger partial charge in [-0.15, -0.1) is 0 Å². The fourth-order valence-corrected chi connectivity index (χ4v) is 4.36. The molecule has 3 heteroatoms. The van der Waals surface area contributed by atoms with Crippen LogP contribution in [0, 0.1) is 5.92 Å². The molecule has 1 heterocycles. The third-order valence-corrected chi connectivity index (χ3v) is 5.59. The molecule has 0 aromatic rings. The summed E-state index contributed by atoms with van der Waals surface area (Å²) in [6.07, 6.45) is 9.77.